The Morgan fingerprint density at radius 3 is 2.89 bits per heavy atom. The Bertz CT molecular complexity index is 446. The van der Waals surface area contributed by atoms with Crippen molar-refractivity contribution in [2.75, 3.05) is 32.1 Å². The van der Waals surface area contributed by atoms with E-state index in [1.807, 2.05) is 18.2 Å². The molecule has 0 amide bonds. The van der Waals surface area contributed by atoms with Crippen molar-refractivity contribution in [1.29, 1.82) is 0 Å². The molecule has 0 atom stereocenters. The first-order valence-corrected chi connectivity index (χ1v) is 6.00. The van der Waals surface area contributed by atoms with E-state index < -0.39 is 5.97 Å². The highest BCUT2D eigenvalue weighted by Crippen LogP contribution is 2.28. The number of likely N-dealkylation sites (N-methyl/N-ethyl adjacent to an activating group) is 1. The molecule has 0 aliphatic carbocycles. The van der Waals surface area contributed by atoms with Gasteiger partial charge in [0.1, 0.15) is 12.3 Å². The number of ether oxygens (including phenoxy) is 1. The van der Waals surface area contributed by atoms with Gasteiger partial charge in [0.2, 0.25) is 0 Å². The summed E-state index contributed by atoms with van der Waals surface area (Å²) in [6.07, 6.45) is 1.80. The van der Waals surface area contributed by atoms with Gasteiger partial charge in [0.25, 0.3) is 0 Å². The molecular formula is C14H20N2O3. The number of anilines is 1. The van der Waals surface area contributed by atoms with Crippen LogP contribution in [-0.4, -0.2) is 38.3 Å². The molecule has 0 radical (unpaired) electrons. The minimum absolute atomic E-state index is 0.0651. The summed E-state index contributed by atoms with van der Waals surface area (Å²) in [5, 5.41) is 12.0. The number of hydrogen-bond donors (Lipinski definition) is 2. The fourth-order valence-corrected chi connectivity index (χ4v) is 1.75. The number of hydrogen-bond acceptors (Lipinski definition) is 4. The largest absolute Gasteiger partial charge is 0.495 e. The van der Waals surface area contributed by atoms with Gasteiger partial charge in [-0.1, -0.05) is 12.1 Å². The van der Waals surface area contributed by atoms with Crippen LogP contribution in [0.15, 0.2) is 30.9 Å². The highest BCUT2D eigenvalue weighted by atomic mass is 16.5. The van der Waals surface area contributed by atoms with Crippen LogP contribution in [0.3, 0.4) is 0 Å². The van der Waals surface area contributed by atoms with Gasteiger partial charge in [0.05, 0.1) is 12.8 Å². The number of rotatable bonds is 8. The summed E-state index contributed by atoms with van der Waals surface area (Å²) in [5.74, 6) is -0.206. The zero-order valence-electron chi connectivity index (χ0n) is 11.3. The zero-order chi connectivity index (χ0) is 14.3. The van der Waals surface area contributed by atoms with Crippen LogP contribution in [0.4, 0.5) is 5.69 Å². The van der Waals surface area contributed by atoms with E-state index in [9.17, 15) is 4.79 Å². The Hall–Kier alpha value is -2.01. The maximum absolute atomic E-state index is 10.7. The van der Waals surface area contributed by atoms with Gasteiger partial charge in [0, 0.05) is 20.1 Å². The maximum Gasteiger partial charge on any atom is 0.323 e. The van der Waals surface area contributed by atoms with Gasteiger partial charge in [-0.2, -0.15) is 0 Å². The molecule has 1 aromatic rings. The number of aliphatic carboxylic acids is 1. The van der Waals surface area contributed by atoms with Crippen molar-refractivity contribution in [3.05, 3.63) is 36.4 Å². The summed E-state index contributed by atoms with van der Waals surface area (Å²) in [4.78, 5) is 12.4. The molecule has 0 bridgehead atoms. The van der Waals surface area contributed by atoms with Crippen LogP contribution in [0.5, 0.6) is 5.75 Å². The van der Waals surface area contributed by atoms with Crippen LogP contribution < -0.4 is 15.0 Å². The Labute approximate surface area is 113 Å². The SMILES string of the molecule is C=CCNCc1ccc(N(C)CC(=O)O)c(OC)c1. The molecule has 5 nitrogen and oxygen atoms in total. The molecule has 19 heavy (non-hydrogen) atoms. The van der Waals surface area contributed by atoms with E-state index in [0.717, 1.165) is 17.8 Å². The lowest BCUT2D eigenvalue weighted by Gasteiger charge is -2.20. The number of nitrogens with one attached hydrogen (secondary N) is 1. The summed E-state index contributed by atoms with van der Waals surface area (Å²) in [6.45, 7) is 5.03. The van der Waals surface area contributed by atoms with E-state index in [-0.39, 0.29) is 6.54 Å². The Balaban J connectivity index is 2.83. The summed E-state index contributed by atoms with van der Waals surface area (Å²) in [7, 11) is 3.30. The van der Waals surface area contributed by atoms with Crippen LogP contribution in [-0.2, 0) is 11.3 Å². The molecule has 0 unspecified atom stereocenters. The van der Waals surface area contributed by atoms with Gasteiger partial charge >= 0.3 is 5.97 Å². The molecule has 5 heteroatoms. The fourth-order valence-electron chi connectivity index (χ4n) is 1.75. The van der Waals surface area contributed by atoms with Crippen molar-refractivity contribution < 1.29 is 14.6 Å². The third-order valence-corrected chi connectivity index (χ3v) is 2.65. The van der Waals surface area contributed by atoms with Gasteiger partial charge < -0.3 is 20.1 Å². The second-order valence-corrected chi connectivity index (χ2v) is 4.18. The van der Waals surface area contributed by atoms with Crippen LogP contribution in [0.25, 0.3) is 0 Å². The van der Waals surface area contributed by atoms with Gasteiger partial charge in [0.15, 0.2) is 0 Å². The molecule has 2 N–H and O–H groups in total. The Morgan fingerprint density at radius 2 is 2.32 bits per heavy atom. The van der Waals surface area contributed by atoms with E-state index in [2.05, 4.69) is 11.9 Å². The molecule has 1 rings (SSSR count). The van der Waals surface area contributed by atoms with Crippen molar-refractivity contribution in [2.24, 2.45) is 0 Å². The van der Waals surface area contributed by atoms with Crippen molar-refractivity contribution in [3.8, 4) is 5.75 Å². The minimum atomic E-state index is -0.874. The third kappa shape index (κ3) is 4.63. The molecule has 0 aromatic heterocycles. The lowest BCUT2D eigenvalue weighted by molar-refractivity contribution is -0.135. The highest BCUT2D eigenvalue weighted by Gasteiger charge is 2.11. The number of carboxylic acid groups (broad SMARTS) is 1. The van der Waals surface area contributed by atoms with Crippen molar-refractivity contribution in [2.45, 2.75) is 6.54 Å². The van der Waals surface area contributed by atoms with Gasteiger partial charge in [-0.15, -0.1) is 6.58 Å². The van der Waals surface area contributed by atoms with E-state index >= 15 is 0 Å². The van der Waals surface area contributed by atoms with Crippen LogP contribution in [0.2, 0.25) is 0 Å². The molecule has 0 aliphatic rings. The lowest BCUT2D eigenvalue weighted by Crippen LogP contribution is -2.25. The standard InChI is InChI=1S/C14H20N2O3/c1-4-7-15-9-11-5-6-12(13(8-11)19-3)16(2)10-14(17)18/h4-6,8,15H,1,7,9-10H2,2-3H3,(H,17,18). The first-order chi connectivity index (χ1) is 9.08. The molecule has 0 aliphatic heterocycles. The number of carbonyl (C=O) groups is 1. The van der Waals surface area contributed by atoms with E-state index in [4.69, 9.17) is 9.84 Å². The third-order valence-electron chi connectivity index (χ3n) is 2.65. The van der Waals surface area contributed by atoms with Gasteiger partial charge in [-0.25, -0.2) is 0 Å². The lowest BCUT2D eigenvalue weighted by atomic mass is 10.1. The van der Waals surface area contributed by atoms with Crippen molar-refractivity contribution in [1.82, 2.24) is 5.32 Å². The molecule has 0 saturated heterocycles. The topological polar surface area (TPSA) is 61.8 Å². The van der Waals surface area contributed by atoms with E-state index in [0.29, 0.717) is 12.3 Å². The molecule has 0 spiro atoms. The normalized spacial score (nSPS) is 10.0. The predicted octanol–water partition coefficient (Wildman–Crippen LogP) is 1.49. The minimum Gasteiger partial charge on any atom is -0.495 e. The van der Waals surface area contributed by atoms with Crippen LogP contribution >= 0.6 is 0 Å². The monoisotopic (exact) mass is 264 g/mol. The maximum atomic E-state index is 10.7. The quantitative estimate of drug-likeness (QED) is 0.550. The zero-order valence-corrected chi connectivity index (χ0v) is 11.3. The number of methoxy groups -OCH3 is 1. The number of nitrogens with zero attached hydrogens (tertiary/aromatic N) is 1. The van der Waals surface area contributed by atoms with Crippen LogP contribution in [0, 0.1) is 0 Å². The molecule has 1 aromatic carbocycles. The average Bonchev–Trinajstić information content (AvgIpc) is 2.38. The van der Waals surface area contributed by atoms with Crippen LogP contribution in [0.1, 0.15) is 5.56 Å². The van der Waals surface area contributed by atoms with Gasteiger partial charge in [-0.3, -0.25) is 4.79 Å². The smallest absolute Gasteiger partial charge is 0.323 e. The first-order valence-electron chi connectivity index (χ1n) is 6.00. The predicted molar refractivity (Wildman–Crippen MR) is 75.8 cm³/mol. The van der Waals surface area contributed by atoms with Crippen molar-refractivity contribution in [3.63, 3.8) is 0 Å². The van der Waals surface area contributed by atoms with E-state index in [1.165, 1.54) is 0 Å². The second kappa shape index (κ2) is 7.43. The first kappa shape index (κ1) is 15.0. The van der Waals surface area contributed by atoms with Crippen molar-refractivity contribution >= 4 is 11.7 Å². The fraction of sp³-hybridized carbons (Fsp3) is 0.357. The number of carboxylic acids is 1. The summed E-state index contributed by atoms with van der Waals surface area (Å²) < 4.78 is 5.31. The molecule has 0 heterocycles. The molecular weight excluding hydrogens is 244 g/mol. The number of benzene rings is 1. The molecule has 104 valence electrons. The Morgan fingerprint density at radius 1 is 1.58 bits per heavy atom. The summed E-state index contributed by atoms with van der Waals surface area (Å²) in [6, 6.07) is 5.72. The Kier molecular flexibility index (Phi) is 5.89. The van der Waals surface area contributed by atoms with Gasteiger partial charge in [-0.05, 0) is 17.7 Å². The van der Waals surface area contributed by atoms with E-state index in [1.54, 1.807) is 25.1 Å². The molecule has 0 fully saturated rings. The highest BCUT2D eigenvalue weighted by molar-refractivity contribution is 5.75. The summed E-state index contributed by atoms with van der Waals surface area (Å²) in [5.41, 5.74) is 1.84. The average molecular weight is 264 g/mol. The molecule has 0 saturated carbocycles. The second-order valence-electron chi connectivity index (χ2n) is 4.18. The summed E-state index contributed by atoms with van der Waals surface area (Å²) >= 11 is 0.